The summed E-state index contributed by atoms with van der Waals surface area (Å²) in [7, 11) is -2.34. The van der Waals surface area contributed by atoms with Crippen molar-refractivity contribution in [3.8, 4) is 11.5 Å². The molecule has 40 heavy (non-hydrogen) atoms. The second kappa shape index (κ2) is 12.9. The maximum Gasteiger partial charge on any atom is 0.244 e. The van der Waals surface area contributed by atoms with E-state index in [0.29, 0.717) is 24.7 Å². The van der Waals surface area contributed by atoms with Gasteiger partial charge in [0, 0.05) is 26.1 Å². The highest BCUT2D eigenvalue weighted by atomic mass is 32.2. The second-order valence-corrected chi connectivity index (χ2v) is 11.7. The van der Waals surface area contributed by atoms with Gasteiger partial charge in [-0.15, -0.1) is 0 Å². The van der Waals surface area contributed by atoms with Crippen LogP contribution in [0.4, 0.5) is 5.69 Å². The number of nitrogens with one attached hydrogen (secondary N) is 1. The SMILES string of the molecule is CCS(=O)(=O)N(CC(=O)N(Cc1cccc(C)c1)[C@H](Cc1ccccc1)C(=O)NC)c1ccc2c(c1)OCCO2. The molecule has 0 aromatic heterocycles. The number of anilines is 1. The van der Waals surface area contributed by atoms with Crippen molar-refractivity contribution in [2.75, 3.05) is 36.9 Å². The van der Waals surface area contributed by atoms with Gasteiger partial charge in [-0.05, 0) is 37.1 Å². The first kappa shape index (κ1) is 28.9. The third kappa shape index (κ3) is 6.93. The van der Waals surface area contributed by atoms with Crippen LogP contribution in [0, 0.1) is 6.92 Å². The third-order valence-corrected chi connectivity index (χ3v) is 8.49. The molecule has 0 saturated carbocycles. The summed E-state index contributed by atoms with van der Waals surface area (Å²) in [5.74, 6) is -0.127. The smallest absolute Gasteiger partial charge is 0.244 e. The number of likely N-dealkylation sites (N-methyl/N-ethyl adjacent to an activating group) is 1. The Labute approximate surface area is 235 Å². The lowest BCUT2D eigenvalue weighted by Crippen LogP contribution is -2.53. The molecule has 3 aromatic carbocycles. The van der Waals surface area contributed by atoms with Crippen LogP contribution in [0.2, 0.25) is 0 Å². The van der Waals surface area contributed by atoms with Gasteiger partial charge < -0.3 is 19.7 Å². The molecule has 0 spiro atoms. The van der Waals surface area contributed by atoms with E-state index >= 15 is 0 Å². The Balaban J connectivity index is 1.73. The predicted octanol–water partition coefficient (Wildman–Crippen LogP) is 3.31. The van der Waals surface area contributed by atoms with Gasteiger partial charge in [0.25, 0.3) is 0 Å². The van der Waals surface area contributed by atoms with Gasteiger partial charge in [0.1, 0.15) is 25.8 Å². The molecule has 1 atom stereocenters. The quantitative estimate of drug-likeness (QED) is 0.383. The molecule has 0 aliphatic carbocycles. The Bertz CT molecular complexity index is 1440. The monoisotopic (exact) mass is 565 g/mol. The average Bonchev–Trinajstić information content (AvgIpc) is 2.97. The van der Waals surface area contributed by atoms with Crippen LogP contribution in [-0.4, -0.2) is 63.7 Å². The van der Waals surface area contributed by atoms with E-state index in [4.69, 9.17) is 9.47 Å². The molecule has 212 valence electrons. The molecule has 1 aliphatic heterocycles. The van der Waals surface area contributed by atoms with Gasteiger partial charge in [0.2, 0.25) is 21.8 Å². The molecule has 1 N–H and O–H groups in total. The summed E-state index contributed by atoms with van der Waals surface area (Å²) in [4.78, 5) is 28.8. The van der Waals surface area contributed by atoms with Crippen molar-refractivity contribution in [1.29, 1.82) is 0 Å². The van der Waals surface area contributed by atoms with Crippen molar-refractivity contribution >= 4 is 27.5 Å². The van der Waals surface area contributed by atoms with Crippen molar-refractivity contribution < 1.29 is 27.5 Å². The molecule has 0 saturated heterocycles. The molecule has 4 rings (SSSR count). The predicted molar refractivity (Wildman–Crippen MR) is 154 cm³/mol. The zero-order chi connectivity index (χ0) is 28.7. The first-order chi connectivity index (χ1) is 19.2. The largest absolute Gasteiger partial charge is 0.486 e. The van der Waals surface area contributed by atoms with Crippen LogP contribution in [0.25, 0.3) is 0 Å². The van der Waals surface area contributed by atoms with E-state index in [1.807, 2.05) is 61.5 Å². The van der Waals surface area contributed by atoms with Crippen LogP contribution in [0.1, 0.15) is 23.6 Å². The fourth-order valence-corrected chi connectivity index (χ4v) is 5.69. The highest BCUT2D eigenvalue weighted by Crippen LogP contribution is 2.35. The van der Waals surface area contributed by atoms with Gasteiger partial charge in [0.05, 0.1) is 11.4 Å². The molecule has 0 radical (unpaired) electrons. The normalized spacial score (nSPS) is 13.3. The maximum absolute atomic E-state index is 14.1. The van der Waals surface area contributed by atoms with Crippen molar-refractivity contribution in [2.24, 2.45) is 0 Å². The number of fused-ring (bicyclic) bond motifs is 1. The van der Waals surface area contributed by atoms with Crippen LogP contribution in [-0.2, 0) is 32.6 Å². The number of carbonyl (C=O) groups is 2. The molecule has 1 heterocycles. The summed E-state index contributed by atoms with van der Waals surface area (Å²) in [5, 5.41) is 2.68. The van der Waals surface area contributed by atoms with Crippen LogP contribution < -0.4 is 19.1 Å². The molecule has 9 nitrogen and oxygen atoms in total. The number of rotatable bonds is 11. The molecule has 1 aliphatic rings. The summed E-state index contributed by atoms with van der Waals surface area (Å²) in [5.41, 5.74) is 3.01. The van der Waals surface area contributed by atoms with E-state index in [9.17, 15) is 18.0 Å². The van der Waals surface area contributed by atoms with Crippen LogP contribution >= 0.6 is 0 Å². The fourth-order valence-electron chi connectivity index (χ4n) is 4.63. The van der Waals surface area contributed by atoms with E-state index in [2.05, 4.69) is 5.32 Å². The van der Waals surface area contributed by atoms with Crippen molar-refractivity contribution in [1.82, 2.24) is 10.2 Å². The lowest BCUT2D eigenvalue weighted by Gasteiger charge is -2.33. The minimum absolute atomic E-state index is 0.132. The fraction of sp³-hybridized carbons (Fsp3) is 0.333. The van der Waals surface area contributed by atoms with E-state index in [1.54, 1.807) is 18.2 Å². The summed E-state index contributed by atoms with van der Waals surface area (Å²) in [6.45, 7) is 3.87. The number of nitrogens with zero attached hydrogens (tertiary/aromatic N) is 2. The van der Waals surface area contributed by atoms with E-state index in [1.165, 1.54) is 18.9 Å². The van der Waals surface area contributed by atoms with Crippen molar-refractivity contribution in [3.63, 3.8) is 0 Å². The second-order valence-electron chi connectivity index (χ2n) is 9.57. The molecule has 0 unspecified atom stereocenters. The van der Waals surface area contributed by atoms with E-state index in [-0.39, 0.29) is 30.3 Å². The minimum Gasteiger partial charge on any atom is -0.486 e. The van der Waals surface area contributed by atoms with Gasteiger partial charge in [-0.2, -0.15) is 0 Å². The molecule has 3 aromatic rings. The lowest BCUT2D eigenvalue weighted by molar-refractivity contribution is -0.139. The van der Waals surface area contributed by atoms with Gasteiger partial charge in [0.15, 0.2) is 11.5 Å². The number of benzene rings is 3. The lowest BCUT2D eigenvalue weighted by atomic mass is 10.0. The first-order valence-corrected chi connectivity index (χ1v) is 14.8. The van der Waals surface area contributed by atoms with Crippen LogP contribution in [0.5, 0.6) is 11.5 Å². The molecular formula is C30H35N3O6S. The highest BCUT2D eigenvalue weighted by Gasteiger charge is 2.33. The summed E-state index contributed by atoms with van der Waals surface area (Å²) in [6.07, 6.45) is 0.266. The zero-order valence-corrected chi connectivity index (χ0v) is 23.8. The minimum atomic E-state index is -3.87. The Kier molecular flexibility index (Phi) is 9.31. The van der Waals surface area contributed by atoms with Gasteiger partial charge in [-0.3, -0.25) is 13.9 Å². The molecule has 0 bridgehead atoms. The van der Waals surface area contributed by atoms with Crippen molar-refractivity contribution in [3.05, 3.63) is 89.5 Å². The molecule has 10 heteroatoms. The zero-order valence-electron chi connectivity index (χ0n) is 23.0. The Morgan fingerprint density at radius 1 is 0.925 bits per heavy atom. The third-order valence-electron chi connectivity index (χ3n) is 6.75. The van der Waals surface area contributed by atoms with Gasteiger partial charge in [-0.25, -0.2) is 8.42 Å². The number of carbonyl (C=O) groups excluding carboxylic acids is 2. The number of aryl methyl sites for hydroxylation is 1. The maximum atomic E-state index is 14.1. The summed E-state index contributed by atoms with van der Waals surface area (Å²) >= 11 is 0. The van der Waals surface area contributed by atoms with Crippen molar-refractivity contribution in [2.45, 2.75) is 32.9 Å². The van der Waals surface area contributed by atoms with Crippen LogP contribution in [0.15, 0.2) is 72.8 Å². The average molecular weight is 566 g/mol. The van der Waals surface area contributed by atoms with Gasteiger partial charge in [-0.1, -0.05) is 60.2 Å². The number of ether oxygens (including phenoxy) is 2. The standard InChI is InChI=1S/C30H35N3O6S/c1-4-40(36,37)33(25-13-14-27-28(19-25)39-16-15-38-27)21-29(34)32(20-24-12-8-9-22(2)17-24)26(30(35)31-3)18-23-10-6-5-7-11-23/h5-14,17,19,26H,4,15-16,18,20-21H2,1-3H3,(H,31,35)/t26-/m1/s1. The Hall–Kier alpha value is -4.05. The van der Waals surface area contributed by atoms with E-state index < -0.39 is 28.5 Å². The van der Waals surface area contributed by atoms with Gasteiger partial charge >= 0.3 is 0 Å². The number of hydrogen-bond acceptors (Lipinski definition) is 6. The summed E-state index contributed by atoms with van der Waals surface area (Å²) in [6, 6.07) is 21.0. The number of sulfonamides is 1. The number of hydrogen-bond donors (Lipinski definition) is 1. The number of amides is 2. The molecule has 0 fully saturated rings. The Morgan fingerprint density at radius 3 is 2.30 bits per heavy atom. The highest BCUT2D eigenvalue weighted by molar-refractivity contribution is 7.92. The molecular weight excluding hydrogens is 530 g/mol. The first-order valence-electron chi connectivity index (χ1n) is 13.2. The summed E-state index contributed by atoms with van der Waals surface area (Å²) < 4.78 is 38.9. The Morgan fingerprint density at radius 2 is 1.62 bits per heavy atom. The van der Waals surface area contributed by atoms with Crippen LogP contribution in [0.3, 0.4) is 0 Å². The molecule has 2 amide bonds. The topological polar surface area (TPSA) is 105 Å². The van der Waals surface area contributed by atoms with E-state index in [0.717, 1.165) is 21.0 Å².